The molecule has 0 fully saturated rings. The Morgan fingerprint density at radius 3 is 3.00 bits per heavy atom. The minimum absolute atomic E-state index is 0.191. The Balaban J connectivity index is 1.92. The summed E-state index contributed by atoms with van der Waals surface area (Å²) in [7, 11) is 1.94. The second-order valence-electron chi connectivity index (χ2n) is 4.86. The van der Waals surface area contributed by atoms with Crippen LogP contribution >= 0.6 is 11.8 Å². The number of hydrogen-bond acceptors (Lipinski definition) is 4. The topological polar surface area (TPSA) is 42.7 Å². The van der Waals surface area contributed by atoms with Gasteiger partial charge in [0.1, 0.15) is 18.0 Å². The van der Waals surface area contributed by atoms with Crippen molar-refractivity contribution in [2.45, 2.75) is 37.2 Å². The molecule has 1 aromatic carbocycles. The first-order valence-corrected chi connectivity index (χ1v) is 8.13. The molecule has 0 aliphatic rings. The van der Waals surface area contributed by atoms with Crippen LogP contribution in [0.1, 0.15) is 19.2 Å². The highest BCUT2D eigenvalue weighted by molar-refractivity contribution is 7.99. The van der Waals surface area contributed by atoms with Gasteiger partial charge in [-0.15, -0.1) is 11.8 Å². The molecule has 1 atom stereocenters. The molecule has 0 aliphatic carbocycles. The SMILES string of the molecule is CCCn1ncnc1CC(CSc1cccc(F)c1)NC. The van der Waals surface area contributed by atoms with Crippen LogP contribution in [0.25, 0.3) is 0 Å². The maximum absolute atomic E-state index is 13.2. The quantitative estimate of drug-likeness (QED) is 0.762. The van der Waals surface area contributed by atoms with Gasteiger partial charge in [-0.1, -0.05) is 13.0 Å². The van der Waals surface area contributed by atoms with E-state index in [0.717, 1.165) is 35.9 Å². The predicted molar refractivity (Wildman–Crippen MR) is 84.0 cm³/mol. The van der Waals surface area contributed by atoms with Crippen molar-refractivity contribution in [2.75, 3.05) is 12.8 Å². The minimum atomic E-state index is -0.191. The first kappa shape index (κ1) is 16.0. The summed E-state index contributed by atoms with van der Waals surface area (Å²) in [5, 5.41) is 7.54. The van der Waals surface area contributed by atoms with Gasteiger partial charge in [0.25, 0.3) is 0 Å². The van der Waals surface area contributed by atoms with Crippen molar-refractivity contribution in [2.24, 2.45) is 0 Å². The fourth-order valence-corrected chi connectivity index (χ4v) is 3.11. The van der Waals surface area contributed by atoms with Gasteiger partial charge < -0.3 is 5.32 Å². The number of rotatable bonds is 8. The number of hydrogen-bond donors (Lipinski definition) is 1. The summed E-state index contributed by atoms with van der Waals surface area (Å²) in [6, 6.07) is 6.98. The highest BCUT2D eigenvalue weighted by Crippen LogP contribution is 2.20. The van der Waals surface area contributed by atoms with Crippen LogP contribution in [0, 0.1) is 5.82 Å². The van der Waals surface area contributed by atoms with E-state index in [9.17, 15) is 4.39 Å². The van der Waals surface area contributed by atoms with Crippen LogP contribution in [0.2, 0.25) is 0 Å². The molecule has 4 nitrogen and oxygen atoms in total. The highest BCUT2D eigenvalue weighted by atomic mass is 32.2. The van der Waals surface area contributed by atoms with Crippen LogP contribution in [-0.2, 0) is 13.0 Å². The number of likely N-dealkylation sites (N-methyl/N-ethyl adjacent to an activating group) is 1. The van der Waals surface area contributed by atoms with Crippen LogP contribution in [0.3, 0.4) is 0 Å². The average Bonchev–Trinajstić information content (AvgIpc) is 2.91. The minimum Gasteiger partial charge on any atom is -0.316 e. The summed E-state index contributed by atoms with van der Waals surface area (Å²) in [6.45, 7) is 3.02. The average molecular weight is 308 g/mol. The van der Waals surface area contributed by atoms with Gasteiger partial charge in [-0.05, 0) is 31.7 Å². The van der Waals surface area contributed by atoms with Crippen molar-refractivity contribution in [3.8, 4) is 0 Å². The maximum atomic E-state index is 13.2. The van der Waals surface area contributed by atoms with Gasteiger partial charge >= 0.3 is 0 Å². The van der Waals surface area contributed by atoms with Crippen LogP contribution < -0.4 is 5.32 Å². The number of halogens is 1. The molecule has 1 N–H and O–H groups in total. The zero-order valence-electron chi connectivity index (χ0n) is 12.4. The van der Waals surface area contributed by atoms with Gasteiger partial charge in [-0.25, -0.2) is 9.37 Å². The molecule has 0 spiro atoms. The van der Waals surface area contributed by atoms with E-state index in [-0.39, 0.29) is 11.9 Å². The number of benzene rings is 1. The second-order valence-corrected chi connectivity index (χ2v) is 5.95. The lowest BCUT2D eigenvalue weighted by Gasteiger charge is -2.15. The normalized spacial score (nSPS) is 12.5. The first-order chi connectivity index (χ1) is 10.2. The van der Waals surface area contributed by atoms with E-state index in [1.807, 2.05) is 17.8 Å². The van der Waals surface area contributed by atoms with Crippen molar-refractivity contribution >= 4 is 11.8 Å². The molecule has 0 saturated carbocycles. The maximum Gasteiger partial charge on any atom is 0.138 e. The molecular formula is C15H21FN4S. The summed E-state index contributed by atoms with van der Waals surface area (Å²) in [5.74, 6) is 1.67. The molecule has 2 rings (SSSR count). The number of aryl methyl sites for hydroxylation is 1. The van der Waals surface area contributed by atoms with Crippen molar-refractivity contribution in [1.82, 2.24) is 20.1 Å². The van der Waals surface area contributed by atoms with Gasteiger partial charge in [0, 0.05) is 29.7 Å². The van der Waals surface area contributed by atoms with E-state index in [1.165, 1.54) is 6.07 Å². The molecule has 1 aromatic heterocycles. The fourth-order valence-electron chi connectivity index (χ4n) is 2.06. The lowest BCUT2D eigenvalue weighted by molar-refractivity contribution is 0.528. The van der Waals surface area contributed by atoms with Crippen molar-refractivity contribution in [1.29, 1.82) is 0 Å². The monoisotopic (exact) mass is 308 g/mol. The largest absolute Gasteiger partial charge is 0.316 e. The zero-order chi connectivity index (χ0) is 15.1. The van der Waals surface area contributed by atoms with Gasteiger partial charge in [0.05, 0.1) is 0 Å². The second kappa shape index (κ2) is 8.14. The molecule has 0 amide bonds. The fraction of sp³-hybridized carbons (Fsp3) is 0.467. The Bertz CT molecular complexity index is 558. The van der Waals surface area contributed by atoms with Crippen molar-refractivity contribution < 1.29 is 4.39 Å². The predicted octanol–water partition coefficient (Wildman–Crippen LogP) is 2.75. The molecule has 0 radical (unpaired) electrons. The molecule has 114 valence electrons. The molecule has 0 bridgehead atoms. The zero-order valence-corrected chi connectivity index (χ0v) is 13.2. The standard InChI is InChI=1S/C15H21FN4S/c1-3-7-20-15(18-11-19-20)9-13(17-2)10-21-14-6-4-5-12(16)8-14/h4-6,8,11,13,17H,3,7,9-10H2,1-2H3. The van der Waals surface area contributed by atoms with Crippen LogP contribution in [0.5, 0.6) is 0 Å². The lowest BCUT2D eigenvalue weighted by atomic mass is 10.2. The Hall–Kier alpha value is -1.40. The van der Waals surface area contributed by atoms with Crippen molar-refractivity contribution in [3.63, 3.8) is 0 Å². The van der Waals surface area contributed by atoms with E-state index >= 15 is 0 Å². The third kappa shape index (κ3) is 4.82. The van der Waals surface area contributed by atoms with E-state index < -0.39 is 0 Å². The number of aromatic nitrogens is 3. The van der Waals surface area contributed by atoms with Gasteiger partial charge in [0.2, 0.25) is 0 Å². The smallest absolute Gasteiger partial charge is 0.138 e. The van der Waals surface area contributed by atoms with E-state index in [4.69, 9.17) is 0 Å². The summed E-state index contributed by atoms with van der Waals surface area (Å²) in [4.78, 5) is 5.28. The number of nitrogens with one attached hydrogen (secondary N) is 1. The lowest BCUT2D eigenvalue weighted by Crippen LogP contribution is -2.31. The number of thioether (sulfide) groups is 1. The van der Waals surface area contributed by atoms with E-state index in [0.29, 0.717) is 0 Å². The molecule has 0 saturated heterocycles. The van der Waals surface area contributed by atoms with Crippen molar-refractivity contribution in [3.05, 3.63) is 42.2 Å². The Labute approximate surface area is 129 Å². The molecular weight excluding hydrogens is 287 g/mol. The number of nitrogens with zero attached hydrogens (tertiary/aromatic N) is 3. The summed E-state index contributed by atoms with van der Waals surface area (Å²) < 4.78 is 15.1. The Morgan fingerprint density at radius 1 is 1.43 bits per heavy atom. The van der Waals surface area contributed by atoms with Crippen LogP contribution in [0.15, 0.2) is 35.5 Å². The van der Waals surface area contributed by atoms with E-state index in [2.05, 4.69) is 22.3 Å². The molecule has 1 unspecified atom stereocenters. The van der Waals surface area contributed by atoms with Crippen LogP contribution in [0.4, 0.5) is 4.39 Å². The molecule has 2 aromatic rings. The molecule has 0 aliphatic heterocycles. The Morgan fingerprint density at radius 2 is 2.29 bits per heavy atom. The van der Waals surface area contributed by atoms with Crippen LogP contribution in [-0.4, -0.2) is 33.6 Å². The van der Waals surface area contributed by atoms with E-state index in [1.54, 1.807) is 30.2 Å². The molecule has 6 heteroatoms. The van der Waals surface area contributed by atoms with Gasteiger partial charge in [-0.2, -0.15) is 5.10 Å². The third-order valence-electron chi connectivity index (χ3n) is 3.22. The summed E-state index contributed by atoms with van der Waals surface area (Å²) >= 11 is 1.65. The summed E-state index contributed by atoms with van der Waals surface area (Å²) in [6.07, 6.45) is 3.47. The first-order valence-electron chi connectivity index (χ1n) is 7.15. The third-order valence-corrected chi connectivity index (χ3v) is 4.37. The van der Waals surface area contributed by atoms with Gasteiger partial charge in [0.15, 0.2) is 0 Å². The molecule has 21 heavy (non-hydrogen) atoms. The molecule has 1 heterocycles. The highest BCUT2D eigenvalue weighted by Gasteiger charge is 2.12. The Kier molecular flexibility index (Phi) is 6.20. The van der Waals surface area contributed by atoms with Gasteiger partial charge in [-0.3, -0.25) is 4.68 Å². The summed E-state index contributed by atoms with van der Waals surface area (Å²) in [5.41, 5.74) is 0.